The Balaban J connectivity index is 2.41. The molecule has 5 heteroatoms. The molecule has 0 spiro atoms. The van der Waals surface area contributed by atoms with Crippen LogP contribution in [0.3, 0.4) is 0 Å². The lowest BCUT2D eigenvalue weighted by atomic mass is 10.1. The summed E-state index contributed by atoms with van der Waals surface area (Å²) in [5.74, 6) is 0.981. The fourth-order valence-corrected chi connectivity index (χ4v) is 1.47. The number of rotatable bonds is 4. The molecule has 0 aliphatic heterocycles. The molecule has 0 fully saturated rings. The number of aromatic nitrogens is 3. The fourth-order valence-electron chi connectivity index (χ4n) is 1.47. The first-order chi connectivity index (χ1) is 7.72. The third-order valence-electron chi connectivity index (χ3n) is 2.32. The Morgan fingerprint density at radius 1 is 1.50 bits per heavy atom. The normalized spacial score (nSPS) is 11.2. The minimum Gasteiger partial charge on any atom is -0.475 e. The number of hydrogen-bond donors (Lipinski definition) is 1. The minimum atomic E-state index is 0.391. The summed E-state index contributed by atoms with van der Waals surface area (Å²) < 4.78 is 7.25. The van der Waals surface area contributed by atoms with Crippen molar-refractivity contribution in [3.8, 4) is 5.88 Å². The largest absolute Gasteiger partial charge is 0.475 e. The van der Waals surface area contributed by atoms with Gasteiger partial charge < -0.3 is 10.5 Å². The summed E-state index contributed by atoms with van der Waals surface area (Å²) in [6, 6.07) is 2.00. The van der Waals surface area contributed by atoms with Gasteiger partial charge in [0.25, 0.3) is 0 Å². The quantitative estimate of drug-likeness (QED) is 0.840. The maximum absolute atomic E-state index is 5.46. The molecule has 2 aromatic rings. The van der Waals surface area contributed by atoms with E-state index in [1.807, 2.05) is 12.3 Å². The van der Waals surface area contributed by atoms with Gasteiger partial charge in [0.05, 0.1) is 5.69 Å². The van der Waals surface area contributed by atoms with Crippen molar-refractivity contribution in [2.75, 3.05) is 13.2 Å². The summed E-state index contributed by atoms with van der Waals surface area (Å²) in [4.78, 5) is 4.18. The maximum atomic E-state index is 5.46. The number of hydrogen-bond acceptors (Lipinski definition) is 4. The van der Waals surface area contributed by atoms with E-state index in [2.05, 4.69) is 23.9 Å². The smallest absolute Gasteiger partial charge is 0.240 e. The van der Waals surface area contributed by atoms with Crippen LogP contribution in [0, 0.1) is 0 Å². The van der Waals surface area contributed by atoms with E-state index in [0.29, 0.717) is 24.9 Å². The highest BCUT2D eigenvalue weighted by Crippen LogP contribution is 2.21. The van der Waals surface area contributed by atoms with E-state index in [1.54, 1.807) is 10.7 Å². The average Bonchev–Trinajstić information content (AvgIpc) is 2.70. The molecule has 0 aromatic carbocycles. The predicted molar refractivity (Wildman–Crippen MR) is 61.6 cm³/mol. The zero-order valence-corrected chi connectivity index (χ0v) is 9.55. The van der Waals surface area contributed by atoms with Gasteiger partial charge in [-0.25, -0.2) is 9.50 Å². The number of nitrogens with zero attached hydrogens (tertiary/aromatic N) is 3. The molecule has 0 aliphatic rings. The van der Waals surface area contributed by atoms with Gasteiger partial charge in [0, 0.05) is 18.9 Å². The molecule has 2 N–H and O–H groups in total. The Morgan fingerprint density at radius 2 is 2.31 bits per heavy atom. The number of nitrogens with two attached hydrogens (primary N) is 1. The Hall–Kier alpha value is -1.62. The summed E-state index contributed by atoms with van der Waals surface area (Å²) in [6.45, 7) is 5.16. The molecule has 0 amide bonds. The molecule has 2 aromatic heterocycles. The monoisotopic (exact) mass is 220 g/mol. The van der Waals surface area contributed by atoms with E-state index in [4.69, 9.17) is 10.5 Å². The summed E-state index contributed by atoms with van der Waals surface area (Å²) in [6.07, 6.45) is 3.49. The van der Waals surface area contributed by atoms with Crippen molar-refractivity contribution in [2.24, 2.45) is 5.73 Å². The van der Waals surface area contributed by atoms with Crippen LogP contribution in [0.5, 0.6) is 5.88 Å². The summed E-state index contributed by atoms with van der Waals surface area (Å²) in [5, 5.41) is 4.45. The van der Waals surface area contributed by atoms with E-state index >= 15 is 0 Å². The summed E-state index contributed by atoms with van der Waals surface area (Å²) in [7, 11) is 0. The van der Waals surface area contributed by atoms with Crippen LogP contribution in [0.1, 0.15) is 25.5 Å². The van der Waals surface area contributed by atoms with Gasteiger partial charge in [-0.1, -0.05) is 13.8 Å². The summed E-state index contributed by atoms with van der Waals surface area (Å²) in [5.41, 5.74) is 7.32. The van der Waals surface area contributed by atoms with Crippen LogP contribution in [-0.2, 0) is 0 Å². The average molecular weight is 220 g/mol. The molecule has 0 bridgehead atoms. The minimum absolute atomic E-state index is 0.391. The zero-order chi connectivity index (χ0) is 11.5. The van der Waals surface area contributed by atoms with Gasteiger partial charge in [0.1, 0.15) is 12.1 Å². The van der Waals surface area contributed by atoms with Crippen molar-refractivity contribution < 1.29 is 4.74 Å². The lowest BCUT2D eigenvalue weighted by molar-refractivity contribution is 0.318. The second-order valence-electron chi connectivity index (χ2n) is 3.92. The van der Waals surface area contributed by atoms with Gasteiger partial charge in [-0.3, -0.25) is 0 Å². The first-order valence-corrected chi connectivity index (χ1v) is 5.39. The molecular weight excluding hydrogens is 204 g/mol. The first-order valence-electron chi connectivity index (χ1n) is 5.39. The van der Waals surface area contributed by atoms with E-state index in [-0.39, 0.29) is 0 Å². The van der Waals surface area contributed by atoms with E-state index < -0.39 is 0 Å². The lowest BCUT2D eigenvalue weighted by Gasteiger charge is -2.03. The molecule has 5 nitrogen and oxygen atoms in total. The molecule has 2 rings (SSSR count). The number of ether oxygens (including phenoxy) is 1. The topological polar surface area (TPSA) is 65.4 Å². The van der Waals surface area contributed by atoms with Gasteiger partial charge in [-0.2, -0.15) is 5.10 Å². The molecule has 0 aliphatic carbocycles. The van der Waals surface area contributed by atoms with E-state index in [0.717, 1.165) is 11.2 Å². The fraction of sp³-hybridized carbons (Fsp3) is 0.455. The molecule has 0 unspecified atom stereocenters. The van der Waals surface area contributed by atoms with Gasteiger partial charge in [0.2, 0.25) is 5.88 Å². The Morgan fingerprint density at radius 3 is 3.00 bits per heavy atom. The van der Waals surface area contributed by atoms with Crippen molar-refractivity contribution in [3.05, 3.63) is 24.2 Å². The predicted octanol–water partition coefficient (Wildman–Crippen LogP) is 1.19. The number of fused-ring (bicyclic) bond motifs is 1. The van der Waals surface area contributed by atoms with Crippen molar-refractivity contribution in [1.29, 1.82) is 0 Å². The van der Waals surface area contributed by atoms with Gasteiger partial charge in [0.15, 0.2) is 0 Å². The molecule has 0 atom stereocenters. The highest BCUT2D eigenvalue weighted by molar-refractivity contribution is 5.56. The van der Waals surface area contributed by atoms with Gasteiger partial charge in [-0.05, 0) is 12.0 Å². The van der Waals surface area contributed by atoms with Crippen molar-refractivity contribution in [3.63, 3.8) is 0 Å². The molecule has 86 valence electrons. The van der Waals surface area contributed by atoms with Crippen LogP contribution >= 0.6 is 0 Å². The molecule has 2 heterocycles. The van der Waals surface area contributed by atoms with Gasteiger partial charge in [-0.15, -0.1) is 0 Å². The standard InChI is InChI=1S/C11H16N4O/c1-8(2)9-7-10-11(16-6-3-12)13-4-5-15(10)14-9/h4-5,7-8H,3,6,12H2,1-2H3. The second kappa shape index (κ2) is 4.49. The van der Waals surface area contributed by atoms with Crippen LogP contribution in [0.15, 0.2) is 18.5 Å². The third-order valence-corrected chi connectivity index (χ3v) is 2.32. The first kappa shape index (κ1) is 10.9. The highest BCUT2D eigenvalue weighted by Gasteiger charge is 2.10. The molecule has 0 saturated carbocycles. The van der Waals surface area contributed by atoms with Crippen molar-refractivity contribution in [2.45, 2.75) is 19.8 Å². The summed E-state index contributed by atoms with van der Waals surface area (Å²) >= 11 is 0. The molecule has 0 radical (unpaired) electrons. The Labute approximate surface area is 94.2 Å². The SMILES string of the molecule is CC(C)c1cc2c(OCCN)nccn2n1. The molecular formula is C11H16N4O. The van der Waals surface area contributed by atoms with E-state index in [1.165, 1.54) is 0 Å². The highest BCUT2D eigenvalue weighted by atomic mass is 16.5. The van der Waals surface area contributed by atoms with Crippen LogP contribution in [-0.4, -0.2) is 27.7 Å². The third kappa shape index (κ3) is 1.99. The Bertz CT molecular complexity index is 478. The van der Waals surface area contributed by atoms with Crippen LogP contribution < -0.4 is 10.5 Å². The lowest BCUT2D eigenvalue weighted by Crippen LogP contribution is -2.11. The zero-order valence-electron chi connectivity index (χ0n) is 9.55. The van der Waals surface area contributed by atoms with Crippen molar-refractivity contribution >= 4 is 5.52 Å². The molecule has 16 heavy (non-hydrogen) atoms. The van der Waals surface area contributed by atoms with Crippen LogP contribution in [0.25, 0.3) is 5.52 Å². The van der Waals surface area contributed by atoms with E-state index in [9.17, 15) is 0 Å². The van der Waals surface area contributed by atoms with Crippen LogP contribution in [0.4, 0.5) is 0 Å². The molecule has 0 saturated heterocycles. The van der Waals surface area contributed by atoms with Gasteiger partial charge >= 0.3 is 0 Å². The van der Waals surface area contributed by atoms with Crippen molar-refractivity contribution in [1.82, 2.24) is 14.6 Å². The Kier molecular flexibility index (Phi) is 3.05. The maximum Gasteiger partial charge on any atom is 0.240 e. The second-order valence-corrected chi connectivity index (χ2v) is 3.92. The van der Waals surface area contributed by atoms with Crippen LogP contribution in [0.2, 0.25) is 0 Å².